The zero-order chi connectivity index (χ0) is 13.2. The Labute approximate surface area is 115 Å². The maximum absolute atomic E-state index is 6.03. The van der Waals surface area contributed by atoms with Gasteiger partial charge in [-0.2, -0.15) is 0 Å². The van der Waals surface area contributed by atoms with Gasteiger partial charge in [-0.15, -0.1) is 0 Å². The topological polar surface area (TPSA) is 30.5 Å². The Morgan fingerprint density at radius 1 is 1.37 bits per heavy atom. The van der Waals surface area contributed by atoms with Crippen LogP contribution in [0.5, 0.6) is 5.75 Å². The van der Waals surface area contributed by atoms with E-state index in [1.54, 1.807) is 7.11 Å². The van der Waals surface area contributed by atoms with Crippen molar-refractivity contribution >= 4 is 0 Å². The highest BCUT2D eigenvalue weighted by Crippen LogP contribution is 2.46. The SMILES string of the molecule is CCNC(c1ccccc1OC)C1CC2CCC1O2. The molecule has 0 radical (unpaired) electrons. The molecule has 104 valence electrons. The van der Waals surface area contributed by atoms with E-state index in [0.29, 0.717) is 24.2 Å². The van der Waals surface area contributed by atoms with Crippen LogP contribution in [-0.2, 0) is 4.74 Å². The van der Waals surface area contributed by atoms with Crippen LogP contribution < -0.4 is 10.1 Å². The highest BCUT2D eigenvalue weighted by atomic mass is 16.5. The molecule has 0 aromatic heterocycles. The number of benzene rings is 1. The lowest BCUT2D eigenvalue weighted by molar-refractivity contribution is 0.0856. The van der Waals surface area contributed by atoms with Crippen molar-refractivity contribution in [1.29, 1.82) is 0 Å². The fraction of sp³-hybridized carbons (Fsp3) is 0.625. The fourth-order valence-corrected chi connectivity index (χ4v) is 3.66. The van der Waals surface area contributed by atoms with E-state index in [1.807, 2.05) is 12.1 Å². The predicted octanol–water partition coefficient (Wildman–Crippen LogP) is 2.91. The van der Waals surface area contributed by atoms with Crippen LogP contribution in [0, 0.1) is 5.92 Å². The highest BCUT2D eigenvalue weighted by Gasteiger charge is 2.45. The van der Waals surface area contributed by atoms with Gasteiger partial charge >= 0.3 is 0 Å². The Balaban J connectivity index is 1.88. The number of hydrogen-bond acceptors (Lipinski definition) is 3. The first-order chi connectivity index (χ1) is 9.33. The van der Waals surface area contributed by atoms with Crippen LogP contribution in [0.4, 0.5) is 0 Å². The Morgan fingerprint density at radius 3 is 2.84 bits per heavy atom. The lowest BCUT2D eigenvalue weighted by Gasteiger charge is -2.30. The highest BCUT2D eigenvalue weighted by molar-refractivity contribution is 5.36. The van der Waals surface area contributed by atoms with Crippen LogP contribution >= 0.6 is 0 Å². The van der Waals surface area contributed by atoms with Gasteiger partial charge in [0.05, 0.1) is 19.3 Å². The second-order valence-corrected chi connectivity index (χ2v) is 5.55. The van der Waals surface area contributed by atoms with Gasteiger partial charge in [-0.1, -0.05) is 25.1 Å². The van der Waals surface area contributed by atoms with Crippen LogP contribution in [0.3, 0.4) is 0 Å². The fourth-order valence-electron chi connectivity index (χ4n) is 3.66. The molecule has 3 rings (SSSR count). The van der Waals surface area contributed by atoms with Gasteiger partial charge in [0.15, 0.2) is 0 Å². The number of fused-ring (bicyclic) bond motifs is 2. The van der Waals surface area contributed by atoms with Gasteiger partial charge in [0.2, 0.25) is 0 Å². The average Bonchev–Trinajstić information content (AvgIpc) is 3.07. The van der Waals surface area contributed by atoms with Gasteiger partial charge in [-0.3, -0.25) is 0 Å². The third-order valence-corrected chi connectivity index (χ3v) is 4.48. The third kappa shape index (κ3) is 2.37. The summed E-state index contributed by atoms with van der Waals surface area (Å²) in [4.78, 5) is 0. The molecular weight excluding hydrogens is 238 g/mol. The maximum Gasteiger partial charge on any atom is 0.123 e. The summed E-state index contributed by atoms with van der Waals surface area (Å²) < 4.78 is 11.6. The van der Waals surface area contributed by atoms with Crippen LogP contribution in [0.25, 0.3) is 0 Å². The number of para-hydroxylation sites is 1. The Hall–Kier alpha value is -1.06. The third-order valence-electron chi connectivity index (χ3n) is 4.48. The van der Waals surface area contributed by atoms with E-state index >= 15 is 0 Å². The Bertz CT molecular complexity index is 435. The maximum atomic E-state index is 6.03. The first-order valence-corrected chi connectivity index (χ1v) is 7.35. The number of hydrogen-bond donors (Lipinski definition) is 1. The number of ether oxygens (including phenoxy) is 2. The van der Waals surface area contributed by atoms with Crippen molar-refractivity contribution in [3.05, 3.63) is 29.8 Å². The predicted molar refractivity (Wildman–Crippen MR) is 75.4 cm³/mol. The number of rotatable bonds is 5. The first-order valence-electron chi connectivity index (χ1n) is 7.35. The van der Waals surface area contributed by atoms with Crippen molar-refractivity contribution in [3.8, 4) is 5.75 Å². The smallest absolute Gasteiger partial charge is 0.123 e. The van der Waals surface area contributed by atoms with Crippen LogP contribution in [-0.4, -0.2) is 25.9 Å². The van der Waals surface area contributed by atoms with Crippen molar-refractivity contribution in [2.24, 2.45) is 5.92 Å². The molecule has 4 atom stereocenters. The number of methoxy groups -OCH3 is 1. The van der Waals surface area contributed by atoms with Crippen molar-refractivity contribution in [2.75, 3.05) is 13.7 Å². The van der Waals surface area contributed by atoms with E-state index < -0.39 is 0 Å². The summed E-state index contributed by atoms with van der Waals surface area (Å²) in [5.74, 6) is 1.56. The molecule has 2 heterocycles. The van der Waals surface area contributed by atoms with Gasteiger partial charge in [0.25, 0.3) is 0 Å². The minimum atomic E-state index is 0.344. The molecule has 2 bridgehead atoms. The molecule has 1 N–H and O–H groups in total. The molecule has 0 aliphatic carbocycles. The summed E-state index contributed by atoms with van der Waals surface area (Å²) in [6.45, 7) is 3.13. The molecule has 19 heavy (non-hydrogen) atoms. The molecule has 3 nitrogen and oxygen atoms in total. The Morgan fingerprint density at radius 2 is 2.21 bits per heavy atom. The average molecular weight is 261 g/mol. The quantitative estimate of drug-likeness (QED) is 0.884. The monoisotopic (exact) mass is 261 g/mol. The summed E-state index contributed by atoms with van der Waals surface area (Å²) in [6, 6.07) is 8.70. The molecule has 1 aromatic rings. The van der Waals surface area contributed by atoms with Crippen LogP contribution in [0.1, 0.15) is 37.8 Å². The minimum absolute atomic E-state index is 0.344. The van der Waals surface area contributed by atoms with Gasteiger partial charge < -0.3 is 14.8 Å². The molecule has 2 aliphatic heterocycles. The first kappa shape index (κ1) is 12.9. The van der Waals surface area contributed by atoms with E-state index in [9.17, 15) is 0 Å². The summed E-state index contributed by atoms with van der Waals surface area (Å²) in [5.41, 5.74) is 1.27. The van der Waals surface area contributed by atoms with E-state index in [4.69, 9.17) is 9.47 Å². The van der Waals surface area contributed by atoms with Gasteiger partial charge in [0, 0.05) is 17.5 Å². The zero-order valence-electron chi connectivity index (χ0n) is 11.8. The molecule has 1 aromatic carbocycles. The second-order valence-electron chi connectivity index (χ2n) is 5.55. The lowest BCUT2D eigenvalue weighted by Crippen LogP contribution is -2.34. The molecule has 0 spiro atoms. The van der Waals surface area contributed by atoms with E-state index in [1.165, 1.54) is 24.8 Å². The molecule has 4 unspecified atom stereocenters. The second kappa shape index (κ2) is 5.51. The van der Waals surface area contributed by atoms with Crippen molar-refractivity contribution < 1.29 is 9.47 Å². The largest absolute Gasteiger partial charge is 0.496 e. The Kier molecular flexibility index (Phi) is 3.76. The molecular formula is C16H23NO2. The summed E-state index contributed by atoms with van der Waals surface area (Å²) >= 11 is 0. The normalized spacial score (nSPS) is 30.5. The molecule has 3 heteroatoms. The standard InChI is InChI=1S/C16H23NO2/c1-3-17-16(12-6-4-5-7-14(12)18-2)13-10-11-8-9-15(13)19-11/h4-7,11,13,15-17H,3,8-10H2,1-2H3. The molecule has 2 aliphatic rings. The minimum Gasteiger partial charge on any atom is -0.496 e. The molecule has 0 saturated carbocycles. The van der Waals surface area contributed by atoms with E-state index in [0.717, 1.165) is 12.3 Å². The molecule has 0 amide bonds. The summed E-state index contributed by atoms with van der Waals surface area (Å²) in [6.07, 6.45) is 4.56. The van der Waals surface area contributed by atoms with Crippen molar-refractivity contribution in [2.45, 2.75) is 44.4 Å². The van der Waals surface area contributed by atoms with E-state index in [2.05, 4.69) is 24.4 Å². The van der Waals surface area contributed by atoms with Crippen LogP contribution in [0.2, 0.25) is 0 Å². The summed E-state index contributed by atoms with van der Waals surface area (Å²) in [7, 11) is 1.75. The summed E-state index contributed by atoms with van der Waals surface area (Å²) in [5, 5.41) is 3.64. The van der Waals surface area contributed by atoms with E-state index in [-0.39, 0.29) is 0 Å². The van der Waals surface area contributed by atoms with Crippen molar-refractivity contribution in [3.63, 3.8) is 0 Å². The van der Waals surface area contributed by atoms with Gasteiger partial charge in [0.1, 0.15) is 5.75 Å². The van der Waals surface area contributed by atoms with Crippen LogP contribution in [0.15, 0.2) is 24.3 Å². The lowest BCUT2D eigenvalue weighted by atomic mass is 9.80. The number of nitrogens with one attached hydrogen (secondary N) is 1. The zero-order valence-corrected chi connectivity index (χ0v) is 11.8. The van der Waals surface area contributed by atoms with Gasteiger partial charge in [-0.05, 0) is 31.9 Å². The van der Waals surface area contributed by atoms with Crippen molar-refractivity contribution in [1.82, 2.24) is 5.32 Å². The molecule has 2 fully saturated rings. The molecule has 2 saturated heterocycles. The van der Waals surface area contributed by atoms with Gasteiger partial charge in [-0.25, -0.2) is 0 Å².